The lowest BCUT2D eigenvalue weighted by atomic mass is 10.2. The number of hydrogen-bond donors (Lipinski definition) is 4. The molecule has 0 unspecified atom stereocenters. The van der Waals surface area contributed by atoms with Crippen LogP contribution in [-0.4, -0.2) is 34.4 Å². The lowest BCUT2D eigenvalue weighted by Gasteiger charge is -2.07. The van der Waals surface area contributed by atoms with Crippen LogP contribution in [0.1, 0.15) is 5.56 Å². The molecule has 0 saturated carbocycles. The fourth-order valence-electron chi connectivity index (χ4n) is 2.21. The van der Waals surface area contributed by atoms with Crippen LogP contribution < -0.4 is 16.0 Å². The monoisotopic (exact) mass is 374 g/mol. The number of nitrogens with one attached hydrogen (secondary N) is 4. The molecule has 0 bridgehead atoms. The molecule has 26 heavy (non-hydrogen) atoms. The van der Waals surface area contributed by atoms with Crippen LogP contribution in [0.4, 0.5) is 21.2 Å². The van der Waals surface area contributed by atoms with Crippen LogP contribution in [0.5, 0.6) is 0 Å². The fourth-order valence-corrected chi connectivity index (χ4v) is 2.43. The van der Waals surface area contributed by atoms with Gasteiger partial charge in [0, 0.05) is 23.8 Å². The smallest absolute Gasteiger partial charge is 0.412 e. The van der Waals surface area contributed by atoms with E-state index in [1.54, 1.807) is 18.2 Å². The first-order chi connectivity index (χ1) is 12.5. The van der Waals surface area contributed by atoms with Crippen LogP contribution in [0.25, 0.3) is 10.9 Å². The Morgan fingerprint density at radius 2 is 2.12 bits per heavy atom. The van der Waals surface area contributed by atoms with Crippen molar-refractivity contribution in [2.75, 3.05) is 17.7 Å². The van der Waals surface area contributed by atoms with E-state index in [-0.39, 0.29) is 5.82 Å². The molecule has 134 valence electrons. The van der Waals surface area contributed by atoms with Gasteiger partial charge in [-0.05, 0) is 17.7 Å². The molecule has 0 aliphatic heterocycles. The highest BCUT2D eigenvalue weighted by atomic mass is 35.5. The topological polar surface area (TPSA) is 121 Å². The summed E-state index contributed by atoms with van der Waals surface area (Å²) in [5, 5.41) is 15.7. The first-order valence-electron chi connectivity index (χ1n) is 7.53. The van der Waals surface area contributed by atoms with Crippen molar-refractivity contribution in [1.82, 2.24) is 20.5 Å². The van der Waals surface area contributed by atoms with Crippen molar-refractivity contribution in [3.05, 3.63) is 47.1 Å². The van der Waals surface area contributed by atoms with Crippen molar-refractivity contribution < 1.29 is 14.3 Å². The minimum absolute atomic E-state index is 0.288. The third-order valence-electron chi connectivity index (χ3n) is 3.44. The van der Waals surface area contributed by atoms with Crippen LogP contribution in [0, 0.1) is 0 Å². The minimum Gasteiger partial charge on any atom is -0.453 e. The largest absolute Gasteiger partial charge is 0.453 e. The number of anilines is 2. The molecular formula is C16H15ClN6O3. The van der Waals surface area contributed by atoms with E-state index in [0.717, 1.165) is 5.56 Å². The molecule has 3 rings (SSSR count). The number of carbonyl (C=O) groups excluding carboxylic acids is 2. The van der Waals surface area contributed by atoms with Crippen molar-refractivity contribution in [2.45, 2.75) is 6.54 Å². The molecule has 10 heteroatoms. The molecular weight excluding hydrogens is 360 g/mol. The molecule has 3 aromatic rings. The van der Waals surface area contributed by atoms with Gasteiger partial charge in [-0.15, -0.1) is 0 Å². The Bertz CT molecular complexity index is 958. The highest BCUT2D eigenvalue weighted by Crippen LogP contribution is 2.21. The lowest BCUT2D eigenvalue weighted by Crippen LogP contribution is -2.28. The maximum Gasteiger partial charge on any atom is 0.412 e. The second-order valence-corrected chi connectivity index (χ2v) is 5.68. The van der Waals surface area contributed by atoms with Gasteiger partial charge in [0.25, 0.3) is 0 Å². The summed E-state index contributed by atoms with van der Waals surface area (Å²) in [6, 6.07) is 8.39. The molecule has 0 atom stereocenters. The highest BCUT2D eigenvalue weighted by molar-refractivity contribution is 6.30. The third-order valence-corrected chi connectivity index (χ3v) is 3.67. The average molecular weight is 375 g/mol. The molecule has 1 aromatic carbocycles. The summed E-state index contributed by atoms with van der Waals surface area (Å²) in [6.07, 6.45) is 0.845. The van der Waals surface area contributed by atoms with Gasteiger partial charge in [0.05, 0.1) is 18.0 Å². The van der Waals surface area contributed by atoms with Gasteiger partial charge >= 0.3 is 12.1 Å². The summed E-state index contributed by atoms with van der Waals surface area (Å²) < 4.78 is 4.52. The lowest BCUT2D eigenvalue weighted by molar-refractivity contribution is 0.187. The van der Waals surface area contributed by atoms with Gasteiger partial charge in [-0.25, -0.2) is 14.6 Å². The molecule has 4 N–H and O–H groups in total. The number of nitrogens with zero attached hydrogens (tertiary/aromatic N) is 2. The molecule has 0 aliphatic carbocycles. The van der Waals surface area contributed by atoms with E-state index in [1.807, 2.05) is 12.1 Å². The van der Waals surface area contributed by atoms with Crippen LogP contribution in [0.3, 0.4) is 0 Å². The van der Waals surface area contributed by atoms with Crippen LogP contribution in [-0.2, 0) is 11.3 Å². The number of carbonyl (C=O) groups is 2. The van der Waals surface area contributed by atoms with E-state index < -0.39 is 12.1 Å². The summed E-state index contributed by atoms with van der Waals surface area (Å²) in [5.41, 5.74) is 1.47. The van der Waals surface area contributed by atoms with E-state index in [9.17, 15) is 9.59 Å². The Kier molecular flexibility index (Phi) is 5.18. The molecule has 2 aromatic heterocycles. The predicted molar refractivity (Wildman–Crippen MR) is 97.2 cm³/mol. The SMILES string of the molecule is COC(=O)Nc1n[nH]c2cc(NC(=O)NCc3cccc(Cl)c3)ncc12. The Morgan fingerprint density at radius 1 is 1.27 bits per heavy atom. The number of amides is 3. The minimum atomic E-state index is -0.638. The summed E-state index contributed by atoms with van der Waals surface area (Å²) in [4.78, 5) is 27.4. The number of pyridine rings is 1. The number of fused-ring (bicyclic) bond motifs is 1. The number of urea groups is 1. The molecule has 0 radical (unpaired) electrons. The van der Waals surface area contributed by atoms with E-state index in [1.165, 1.54) is 13.3 Å². The first-order valence-corrected chi connectivity index (χ1v) is 7.91. The Labute approximate surface area is 153 Å². The number of aromatic nitrogens is 3. The van der Waals surface area contributed by atoms with Crippen LogP contribution in [0.15, 0.2) is 36.5 Å². The van der Waals surface area contributed by atoms with Gasteiger partial charge in [-0.2, -0.15) is 5.10 Å². The van der Waals surface area contributed by atoms with Gasteiger partial charge in [-0.1, -0.05) is 23.7 Å². The predicted octanol–water partition coefficient (Wildman–Crippen LogP) is 3.11. The number of H-pyrrole nitrogens is 1. The van der Waals surface area contributed by atoms with E-state index >= 15 is 0 Å². The highest BCUT2D eigenvalue weighted by Gasteiger charge is 2.11. The fraction of sp³-hybridized carbons (Fsp3) is 0.125. The molecule has 9 nitrogen and oxygen atoms in total. The first kappa shape index (κ1) is 17.5. The number of ether oxygens (including phenoxy) is 1. The molecule has 0 aliphatic rings. The Morgan fingerprint density at radius 3 is 2.88 bits per heavy atom. The van der Waals surface area contributed by atoms with Crippen molar-refractivity contribution in [1.29, 1.82) is 0 Å². The van der Waals surface area contributed by atoms with Crippen molar-refractivity contribution in [3.63, 3.8) is 0 Å². The molecule has 0 saturated heterocycles. The number of rotatable bonds is 4. The number of benzene rings is 1. The van der Waals surface area contributed by atoms with Gasteiger partial charge in [0.1, 0.15) is 5.82 Å². The summed E-state index contributed by atoms with van der Waals surface area (Å²) in [5.74, 6) is 0.616. The van der Waals surface area contributed by atoms with Crippen molar-refractivity contribution in [3.8, 4) is 0 Å². The maximum atomic E-state index is 12.0. The summed E-state index contributed by atoms with van der Waals surface area (Å²) >= 11 is 5.91. The van der Waals surface area contributed by atoms with Gasteiger partial charge < -0.3 is 10.1 Å². The number of methoxy groups -OCH3 is 1. The second-order valence-electron chi connectivity index (χ2n) is 5.24. The number of halogens is 1. The maximum absolute atomic E-state index is 12.0. The molecule has 3 amide bonds. The standard InChI is InChI=1S/C16H15ClN6O3/c1-26-16(25)21-14-11-8-18-13(6-12(11)22-23-14)20-15(24)19-7-9-3-2-4-10(17)5-9/h2-6,8H,7H2,1H3,(H2,18,19,20,24)(H2,21,22,23,25). The quantitative estimate of drug-likeness (QED) is 0.559. The average Bonchev–Trinajstić information content (AvgIpc) is 3.02. The number of hydrogen-bond acceptors (Lipinski definition) is 5. The zero-order valence-corrected chi connectivity index (χ0v) is 14.4. The van der Waals surface area contributed by atoms with E-state index in [2.05, 4.69) is 35.9 Å². The summed E-state index contributed by atoms with van der Waals surface area (Å²) in [6.45, 7) is 0.325. The van der Waals surface area contributed by atoms with E-state index in [0.29, 0.717) is 28.3 Å². The molecule has 0 spiro atoms. The van der Waals surface area contributed by atoms with Gasteiger partial charge in [0.2, 0.25) is 0 Å². The molecule has 2 heterocycles. The zero-order valence-electron chi connectivity index (χ0n) is 13.7. The Hall–Kier alpha value is -3.33. The van der Waals surface area contributed by atoms with E-state index in [4.69, 9.17) is 11.6 Å². The second kappa shape index (κ2) is 7.70. The van der Waals surface area contributed by atoms with Crippen LogP contribution >= 0.6 is 11.6 Å². The van der Waals surface area contributed by atoms with Crippen molar-refractivity contribution >= 4 is 46.3 Å². The third kappa shape index (κ3) is 4.19. The van der Waals surface area contributed by atoms with Gasteiger partial charge in [0.15, 0.2) is 5.82 Å². The molecule has 0 fully saturated rings. The number of aromatic amines is 1. The van der Waals surface area contributed by atoms with Crippen molar-refractivity contribution in [2.24, 2.45) is 0 Å². The van der Waals surface area contributed by atoms with Crippen LogP contribution in [0.2, 0.25) is 5.02 Å². The summed E-state index contributed by atoms with van der Waals surface area (Å²) in [7, 11) is 1.26. The normalized spacial score (nSPS) is 10.4. The zero-order chi connectivity index (χ0) is 18.5. The Balaban J connectivity index is 1.63. The van der Waals surface area contributed by atoms with Gasteiger partial charge in [-0.3, -0.25) is 15.7 Å².